The van der Waals surface area contributed by atoms with Crippen LogP contribution in [0.4, 0.5) is 5.69 Å². The number of hydrogen-bond donors (Lipinski definition) is 0. The summed E-state index contributed by atoms with van der Waals surface area (Å²) >= 11 is 0. The Labute approximate surface area is 187 Å². The minimum absolute atomic E-state index is 0.172. The predicted molar refractivity (Wildman–Crippen MR) is 127 cm³/mol. The number of carbonyl (C=O) groups is 1. The van der Waals surface area contributed by atoms with Gasteiger partial charge in [-0.3, -0.25) is 9.69 Å². The summed E-state index contributed by atoms with van der Waals surface area (Å²) in [6.07, 6.45) is 3.14. The lowest BCUT2D eigenvalue weighted by Gasteiger charge is -2.39. The van der Waals surface area contributed by atoms with Gasteiger partial charge in [0, 0.05) is 49.9 Å². The molecule has 0 spiro atoms. The Bertz CT molecular complexity index is 931. The molecular formula is C27H36N2O2. The number of ether oxygens (including phenoxy) is 1. The lowest BCUT2D eigenvalue weighted by atomic mass is 9.93. The fourth-order valence-corrected chi connectivity index (χ4v) is 4.81. The highest BCUT2D eigenvalue weighted by Gasteiger charge is 2.24. The van der Waals surface area contributed by atoms with E-state index in [1.807, 2.05) is 0 Å². The van der Waals surface area contributed by atoms with Gasteiger partial charge >= 0.3 is 0 Å². The fraction of sp³-hybridized carbons (Fsp3) is 0.519. The lowest BCUT2D eigenvalue weighted by molar-refractivity contribution is 0.101. The number of carbonyl (C=O) groups excluding carboxylic acids is 1. The van der Waals surface area contributed by atoms with Crippen molar-refractivity contribution in [2.45, 2.75) is 53.0 Å². The molecule has 2 aromatic rings. The minimum atomic E-state index is 0.172. The number of nitrogens with zero attached hydrogens (tertiary/aromatic N) is 2. The van der Waals surface area contributed by atoms with E-state index in [4.69, 9.17) is 4.74 Å². The summed E-state index contributed by atoms with van der Waals surface area (Å²) in [7, 11) is 0. The van der Waals surface area contributed by atoms with E-state index in [1.54, 1.807) is 6.92 Å². The minimum Gasteiger partial charge on any atom is -0.493 e. The predicted octanol–water partition coefficient (Wildman–Crippen LogP) is 5.30. The van der Waals surface area contributed by atoms with Crippen LogP contribution in [0.15, 0.2) is 36.4 Å². The largest absolute Gasteiger partial charge is 0.493 e. The number of anilines is 1. The van der Waals surface area contributed by atoms with Gasteiger partial charge in [0.05, 0.1) is 6.61 Å². The number of piperazine rings is 1. The SMILES string of the molecule is CCC(C)Cc1ccc(N2CCN([C@@H](C)c3ccc4c(c3)OCC4)CC2)cc1C(C)=O. The fourth-order valence-electron chi connectivity index (χ4n) is 4.81. The zero-order valence-corrected chi connectivity index (χ0v) is 19.5. The van der Waals surface area contributed by atoms with Gasteiger partial charge in [-0.25, -0.2) is 0 Å². The Kier molecular flexibility index (Phi) is 6.66. The van der Waals surface area contributed by atoms with E-state index >= 15 is 0 Å². The molecule has 0 N–H and O–H groups in total. The van der Waals surface area contributed by atoms with Gasteiger partial charge in [0.2, 0.25) is 0 Å². The van der Waals surface area contributed by atoms with E-state index in [1.165, 1.54) is 22.4 Å². The number of benzene rings is 2. The quantitative estimate of drug-likeness (QED) is 0.570. The van der Waals surface area contributed by atoms with E-state index in [-0.39, 0.29) is 5.78 Å². The van der Waals surface area contributed by atoms with Gasteiger partial charge in [0.15, 0.2) is 5.78 Å². The zero-order chi connectivity index (χ0) is 22.0. The first-order valence-corrected chi connectivity index (χ1v) is 11.8. The van der Waals surface area contributed by atoms with Crippen molar-refractivity contribution in [1.82, 2.24) is 4.90 Å². The highest BCUT2D eigenvalue weighted by atomic mass is 16.5. The summed E-state index contributed by atoms with van der Waals surface area (Å²) in [6.45, 7) is 13.3. The second kappa shape index (κ2) is 9.44. The summed E-state index contributed by atoms with van der Waals surface area (Å²) in [4.78, 5) is 17.3. The molecule has 0 aliphatic carbocycles. The molecule has 4 rings (SSSR count). The standard InChI is InChI=1S/C27H36N2O2/c1-5-19(2)16-24-8-9-25(18-26(24)21(4)30)29-13-11-28(12-14-29)20(3)23-7-6-22-10-15-31-27(22)17-23/h6-9,17-20H,5,10-16H2,1-4H3/t19?,20-/m0/s1. The van der Waals surface area contributed by atoms with Gasteiger partial charge in [-0.15, -0.1) is 0 Å². The molecule has 0 aromatic heterocycles. The Hall–Kier alpha value is -2.33. The molecule has 2 aliphatic heterocycles. The first-order valence-electron chi connectivity index (χ1n) is 11.8. The van der Waals surface area contributed by atoms with Crippen LogP contribution in [0.25, 0.3) is 0 Å². The van der Waals surface area contributed by atoms with Crippen molar-refractivity contribution in [1.29, 1.82) is 0 Å². The third-order valence-corrected chi connectivity index (χ3v) is 7.17. The maximum absolute atomic E-state index is 12.3. The van der Waals surface area contributed by atoms with Crippen LogP contribution in [0.1, 0.15) is 67.2 Å². The topological polar surface area (TPSA) is 32.8 Å². The first-order chi connectivity index (χ1) is 15.0. The molecular weight excluding hydrogens is 384 g/mol. The molecule has 2 atom stereocenters. The summed E-state index contributed by atoms with van der Waals surface area (Å²) < 4.78 is 5.77. The van der Waals surface area contributed by atoms with E-state index in [0.29, 0.717) is 12.0 Å². The molecule has 1 saturated heterocycles. The summed E-state index contributed by atoms with van der Waals surface area (Å²) in [6, 6.07) is 13.6. The number of ketones is 1. The van der Waals surface area contributed by atoms with Crippen LogP contribution in [-0.2, 0) is 12.8 Å². The molecule has 166 valence electrons. The monoisotopic (exact) mass is 420 g/mol. The van der Waals surface area contributed by atoms with Crippen LogP contribution >= 0.6 is 0 Å². The van der Waals surface area contributed by atoms with Crippen LogP contribution in [0, 0.1) is 5.92 Å². The highest BCUT2D eigenvalue weighted by Crippen LogP contribution is 2.31. The average Bonchev–Trinajstić information content (AvgIpc) is 3.26. The lowest BCUT2D eigenvalue weighted by Crippen LogP contribution is -2.47. The third-order valence-electron chi connectivity index (χ3n) is 7.17. The molecule has 0 bridgehead atoms. The molecule has 2 aliphatic rings. The van der Waals surface area contributed by atoms with Crippen LogP contribution in [0.3, 0.4) is 0 Å². The normalized spacial score (nSPS) is 18.4. The molecule has 0 amide bonds. The average molecular weight is 421 g/mol. The van der Waals surface area contributed by atoms with Crippen molar-refractivity contribution in [2.75, 3.05) is 37.7 Å². The van der Waals surface area contributed by atoms with Crippen molar-refractivity contribution in [3.63, 3.8) is 0 Å². The van der Waals surface area contributed by atoms with Crippen molar-refractivity contribution < 1.29 is 9.53 Å². The summed E-state index contributed by atoms with van der Waals surface area (Å²) in [5.41, 5.74) is 5.93. The molecule has 4 nitrogen and oxygen atoms in total. The van der Waals surface area contributed by atoms with Gasteiger partial charge in [-0.2, -0.15) is 0 Å². The van der Waals surface area contributed by atoms with Gasteiger partial charge in [-0.05, 0) is 61.1 Å². The number of rotatable bonds is 7. The second-order valence-electron chi connectivity index (χ2n) is 9.28. The molecule has 2 aromatic carbocycles. The maximum Gasteiger partial charge on any atom is 0.160 e. The van der Waals surface area contributed by atoms with E-state index in [9.17, 15) is 4.79 Å². The van der Waals surface area contributed by atoms with Crippen molar-refractivity contribution in [3.8, 4) is 5.75 Å². The first kappa shape index (κ1) is 21.9. The zero-order valence-electron chi connectivity index (χ0n) is 19.5. The van der Waals surface area contributed by atoms with Crippen LogP contribution in [0.5, 0.6) is 5.75 Å². The molecule has 4 heteroatoms. The van der Waals surface area contributed by atoms with Gasteiger partial charge in [-0.1, -0.05) is 38.5 Å². The van der Waals surface area contributed by atoms with Crippen molar-refractivity contribution >= 4 is 11.5 Å². The van der Waals surface area contributed by atoms with Gasteiger partial charge < -0.3 is 9.64 Å². The van der Waals surface area contributed by atoms with Crippen LogP contribution in [0.2, 0.25) is 0 Å². The third kappa shape index (κ3) is 4.79. The summed E-state index contributed by atoms with van der Waals surface area (Å²) in [5, 5.41) is 0. The second-order valence-corrected chi connectivity index (χ2v) is 9.28. The molecule has 31 heavy (non-hydrogen) atoms. The molecule has 1 unspecified atom stereocenters. The summed E-state index contributed by atoms with van der Waals surface area (Å²) in [5.74, 6) is 1.84. The Morgan fingerprint density at radius 2 is 1.84 bits per heavy atom. The molecule has 0 saturated carbocycles. The van der Waals surface area contributed by atoms with Gasteiger partial charge in [0.1, 0.15) is 5.75 Å². The number of hydrogen-bond acceptors (Lipinski definition) is 4. The van der Waals surface area contributed by atoms with E-state index in [0.717, 1.165) is 63.4 Å². The van der Waals surface area contributed by atoms with Gasteiger partial charge in [0.25, 0.3) is 0 Å². The molecule has 2 heterocycles. The Morgan fingerprint density at radius 1 is 1.06 bits per heavy atom. The van der Waals surface area contributed by atoms with Crippen molar-refractivity contribution in [2.24, 2.45) is 5.92 Å². The molecule has 1 fully saturated rings. The van der Waals surface area contributed by atoms with Crippen LogP contribution in [-0.4, -0.2) is 43.5 Å². The van der Waals surface area contributed by atoms with Crippen LogP contribution < -0.4 is 9.64 Å². The van der Waals surface area contributed by atoms with Crippen molar-refractivity contribution in [3.05, 3.63) is 58.7 Å². The Balaban J connectivity index is 1.42. The number of fused-ring (bicyclic) bond motifs is 1. The van der Waals surface area contributed by atoms with E-state index < -0.39 is 0 Å². The molecule has 0 radical (unpaired) electrons. The number of Topliss-reactive ketones (excluding diaryl/α,β-unsaturated/α-hetero) is 1. The van der Waals surface area contributed by atoms with E-state index in [2.05, 4.69) is 67.0 Å². The maximum atomic E-state index is 12.3. The smallest absolute Gasteiger partial charge is 0.160 e. The highest BCUT2D eigenvalue weighted by molar-refractivity contribution is 5.96. The Morgan fingerprint density at radius 3 is 2.55 bits per heavy atom.